The molecular weight excluding hydrogens is 302 g/mol. The molecule has 2 rings (SSSR count). The number of Topliss-reactive ketones (excluding diaryl/α,β-unsaturated/α-hetero) is 1. The molecule has 1 heterocycles. The zero-order valence-corrected chi connectivity index (χ0v) is 14.2. The van der Waals surface area contributed by atoms with Gasteiger partial charge in [-0.25, -0.2) is 0 Å². The summed E-state index contributed by atoms with van der Waals surface area (Å²) < 4.78 is 0. The Labute approximate surface area is 142 Å². The maximum Gasteiger partial charge on any atom is 0.225 e. The Bertz CT molecular complexity index is 669. The van der Waals surface area contributed by atoms with Gasteiger partial charge in [-0.3, -0.25) is 14.6 Å². The van der Waals surface area contributed by atoms with E-state index in [-0.39, 0.29) is 11.7 Å². The third-order valence-corrected chi connectivity index (χ3v) is 3.83. The van der Waals surface area contributed by atoms with Crippen LogP contribution >= 0.6 is 0 Å². The van der Waals surface area contributed by atoms with Gasteiger partial charge in [0, 0.05) is 43.2 Å². The van der Waals surface area contributed by atoms with E-state index in [1.165, 1.54) is 12.5 Å². The molecule has 126 valence electrons. The number of hydrogen-bond donors (Lipinski definition) is 1. The van der Waals surface area contributed by atoms with Gasteiger partial charge in [0.05, 0.1) is 0 Å². The molecule has 0 unspecified atom stereocenters. The molecule has 0 fully saturated rings. The van der Waals surface area contributed by atoms with Crippen molar-refractivity contribution in [2.24, 2.45) is 0 Å². The van der Waals surface area contributed by atoms with Crippen molar-refractivity contribution >= 4 is 17.4 Å². The Kier molecular flexibility index (Phi) is 6.63. The van der Waals surface area contributed by atoms with E-state index >= 15 is 0 Å². The van der Waals surface area contributed by atoms with E-state index < -0.39 is 0 Å². The summed E-state index contributed by atoms with van der Waals surface area (Å²) in [4.78, 5) is 29.4. The Balaban J connectivity index is 1.71. The number of benzene rings is 1. The highest BCUT2D eigenvalue weighted by molar-refractivity contribution is 5.95. The number of ketones is 1. The SMILES string of the molecule is CC(=O)c1ccc(NC(=O)CCN(C)CCc2ccncc2)cc1. The highest BCUT2D eigenvalue weighted by atomic mass is 16.1. The average Bonchev–Trinajstić information content (AvgIpc) is 2.59. The van der Waals surface area contributed by atoms with Gasteiger partial charge in [0.15, 0.2) is 5.78 Å². The van der Waals surface area contributed by atoms with Crippen molar-refractivity contribution in [1.29, 1.82) is 0 Å². The summed E-state index contributed by atoms with van der Waals surface area (Å²) in [6, 6.07) is 11.0. The van der Waals surface area contributed by atoms with Gasteiger partial charge in [0.2, 0.25) is 5.91 Å². The molecule has 0 atom stereocenters. The van der Waals surface area contributed by atoms with Crippen molar-refractivity contribution in [1.82, 2.24) is 9.88 Å². The standard InChI is InChI=1S/C19H23N3O2/c1-15(23)17-3-5-18(6-4-17)21-19(24)10-14-22(2)13-9-16-7-11-20-12-8-16/h3-8,11-12H,9-10,13-14H2,1-2H3,(H,21,24). The van der Waals surface area contributed by atoms with E-state index in [4.69, 9.17) is 0 Å². The molecule has 0 saturated heterocycles. The van der Waals surface area contributed by atoms with E-state index in [1.54, 1.807) is 36.7 Å². The first-order chi connectivity index (χ1) is 11.5. The second kappa shape index (κ2) is 8.93. The predicted molar refractivity (Wildman–Crippen MR) is 95.1 cm³/mol. The molecule has 0 aliphatic rings. The van der Waals surface area contributed by atoms with Crippen LogP contribution in [0.3, 0.4) is 0 Å². The normalized spacial score (nSPS) is 10.6. The van der Waals surface area contributed by atoms with E-state index in [2.05, 4.69) is 15.2 Å². The molecule has 0 saturated carbocycles. The number of hydrogen-bond acceptors (Lipinski definition) is 4. The summed E-state index contributed by atoms with van der Waals surface area (Å²) in [5.74, 6) is -0.00923. The van der Waals surface area contributed by atoms with Gasteiger partial charge in [-0.1, -0.05) is 0 Å². The Morgan fingerprint density at radius 3 is 2.33 bits per heavy atom. The number of likely N-dealkylation sites (N-methyl/N-ethyl adjacent to an activating group) is 1. The van der Waals surface area contributed by atoms with Crippen molar-refractivity contribution < 1.29 is 9.59 Å². The van der Waals surface area contributed by atoms with Crippen molar-refractivity contribution in [3.8, 4) is 0 Å². The van der Waals surface area contributed by atoms with Crippen LogP contribution in [0.15, 0.2) is 48.8 Å². The number of aromatic nitrogens is 1. The van der Waals surface area contributed by atoms with Crippen molar-refractivity contribution in [2.45, 2.75) is 19.8 Å². The molecule has 0 aliphatic heterocycles. The average molecular weight is 325 g/mol. The fourth-order valence-electron chi connectivity index (χ4n) is 2.29. The maximum absolute atomic E-state index is 12.0. The van der Waals surface area contributed by atoms with Gasteiger partial charge in [0.1, 0.15) is 0 Å². The van der Waals surface area contributed by atoms with Crippen LogP contribution in [0.2, 0.25) is 0 Å². The van der Waals surface area contributed by atoms with Crippen LogP contribution in [0, 0.1) is 0 Å². The van der Waals surface area contributed by atoms with Crippen LogP contribution < -0.4 is 5.32 Å². The van der Waals surface area contributed by atoms with Gasteiger partial charge < -0.3 is 10.2 Å². The minimum atomic E-state index is -0.0265. The molecule has 24 heavy (non-hydrogen) atoms. The zero-order chi connectivity index (χ0) is 17.4. The van der Waals surface area contributed by atoms with E-state index in [1.807, 2.05) is 19.2 Å². The van der Waals surface area contributed by atoms with Gasteiger partial charge in [-0.15, -0.1) is 0 Å². The quantitative estimate of drug-likeness (QED) is 0.758. The summed E-state index contributed by atoms with van der Waals surface area (Å²) in [6.07, 6.45) is 4.95. The molecule has 1 aromatic carbocycles. The van der Waals surface area contributed by atoms with E-state index in [9.17, 15) is 9.59 Å². The topological polar surface area (TPSA) is 62.3 Å². The number of nitrogens with zero attached hydrogens (tertiary/aromatic N) is 2. The number of pyridine rings is 1. The monoisotopic (exact) mass is 325 g/mol. The highest BCUT2D eigenvalue weighted by Crippen LogP contribution is 2.10. The summed E-state index contributed by atoms with van der Waals surface area (Å²) in [5.41, 5.74) is 2.60. The minimum absolute atomic E-state index is 0.0173. The van der Waals surface area contributed by atoms with Gasteiger partial charge in [-0.2, -0.15) is 0 Å². The van der Waals surface area contributed by atoms with Crippen molar-refractivity contribution in [3.63, 3.8) is 0 Å². The Morgan fingerprint density at radius 1 is 1.04 bits per heavy atom. The number of carbonyl (C=O) groups is 2. The lowest BCUT2D eigenvalue weighted by molar-refractivity contribution is -0.116. The summed E-state index contributed by atoms with van der Waals surface area (Å²) in [5, 5.41) is 2.85. The fourth-order valence-corrected chi connectivity index (χ4v) is 2.29. The number of anilines is 1. The largest absolute Gasteiger partial charge is 0.326 e. The van der Waals surface area contributed by atoms with Gasteiger partial charge >= 0.3 is 0 Å². The molecule has 1 N–H and O–H groups in total. The second-order valence-corrected chi connectivity index (χ2v) is 5.84. The van der Waals surface area contributed by atoms with Crippen LogP contribution in [0.1, 0.15) is 29.3 Å². The van der Waals surface area contributed by atoms with Crippen molar-refractivity contribution in [3.05, 3.63) is 59.9 Å². The summed E-state index contributed by atoms with van der Waals surface area (Å²) in [6.45, 7) is 3.11. The lowest BCUT2D eigenvalue weighted by Gasteiger charge is -2.16. The smallest absolute Gasteiger partial charge is 0.225 e. The second-order valence-electron chi connectivity index (χ2n) is 5.84. The Hall–Kier alpha value is -2.53. The predicted octanol–water partition coefficient (Wildman–Crippen LogP) is 2.79. The molecule has 0 aliphatic carbocycles. The number of amides is 1. The zero-order valence-electron chi connectivity index (χ0n) is 14.2. The van der Waals surface area contributed by atoms with Gasteiger partial charge in [0.25, 0.3) is 0 Å². The first-order valence-electron chi connectivity index (χ1n) is 8.03. The first-order valence-corrected chi connectivity index (χ1v) is 8.03. The molecule has 0 bridgehead atoms. The molecule has 1 amide bonds. The molecule has 1 aromatic heterocycles. The lowest BCUT2D eigenvalue weighted by Crippen LogP contribution is -2.26. The Morgan fingerprint density at radius 2 is 1.71 bits per heavy atom. The number of carbonyl (C=O) groups excluding carboxylic acids is 2. The molecule has 2 aromatic rings. The lowest BCUT2D eigenvalue weighted by atomic mass is 10.1. The fraction of sp³-hybridized carbons (Fsp3) is 0.316. The van der Waals surface area contributed by atoms with Crippen LogP contribution in [0.25, 0.3) is 0 Å². The minimum Gasteiger partial charge on any atom is -0.326 e. The van der Waals surface area contributed by atoms with E-state index in [0.717, 1.165) is 13.0 Å². The highest BCUT2D eigenvalue weighted by Gasteiger charge is 2.06. The van der Waals surface area contributed by atoms with E-state index in [0.29, 0.717) is 24.2 Å². The van der Waals surface area contributed by atoms with Crippen LogP contribution in [-0.2, 0) is 11.2 Å². The molecule has 5 heteroatoms. The van der Waals surface area contributed by atoms with Crippen molar-refractivity contribution in [2.75, 3.05) is 25.5 Å². The third-order valence-electron chi connectivity index (χ3n) is 3.83. The summed E-state index contributed by atoms with van der Waals surface area (Å²) >= 11 is 0. The van der Waals surface area contributed by atoms with Crippen LogP contribution in [-0.4, -0.2) is 41.7 Å². The molecule has 0 radical (unpaired) electrons. The van der Waals surface area contributed by atoms with Crippen LogP contribution in [0.4, 0.5) is 5.69 Å². The summed E-state index contributed by atoms with van der Waals surface area (Å²) in [7, 11) is 2.01. The molecule has 5 nitrogen and oxygen atoms in total. The molecule has 0 spiro atoms. The van der Waals surface area contributed by atoms with Gasteiger partial charge in [-0.05, 0) is 62.4 Å². The number of nitrogens with one attached hydrogen (secondary N) is 1. The first kappa shape index (κ1) is 17.8. The molecular formula is C19H23N3O2. The maximum atomic E-state index is 12.0. The third kappa shape index (κ3) is 5.93. The number of rotatable bonds is 8. The van der Waals surface area contributed by atoms with Crippen LogP contribution in [0.5, 0.6) is 0 Å².